The molecule has 154 valence electrons. The Morgan fingerprint density at radius 3 is 1.38 bits per heavy atom. The van der Waals surface area contributed by atoms with Crippen LogP contribution in [-0.4, -0.2) is 12.1 Å². The van der Waals surface area contributed by atoms with Gasteiger partial charge >= 0.3 is 5.97 Å². The molecule has 0 N–H and O–H groups in total. The number of cyclic esters (lactones) is 1. The van der Waals surface area contributed by atoms with Crippen LogP contribution in [0.25, 0.3) is 0 Å². The second kappa shape index (κ2) is 17.9. The van der Waals surface area contributed by atoms with Crippen LogP contribution in [0.3, 0.4) is 0 Å². The highest BCUT2D eigenvalue weighted by Crippen LogP contribution is 2.20. The van der Waals surface area contributed by atoms with Crippen LogP contribution < -0.4 is 0 Å². The van der Waals surface area contributed by atoms with E-state index in [1.54, 1.807) is 0 Å². The largest absolute Gasteiger partial charge is 0.462 e. The summed E-state index contributed by atoms with van der Waals surface area (Å²) >= 11 is 0. The number of ether oxygens (including phenoxy) is 1. The van der Waals surface area contributed by atoms with E-state index in [0.717, 1.165) is 12.8 Å². The number of esters is 1. The van der Waals surface area contributed by atoms with E-state index < -0.39 is 0 Å². The van der Waals surface area contributed by atoms with E-state index in [2.05, 4.69) is 6.92 Å². The molecule has 0 amide bonds. The van der Waals surface area contributed by atoms with Gasteiger partial charge in [-0.15, -0.1) is 0 Å². The molecule has 0 radical (unpaired) electrons. The van der Waals surface area contributed by atoms with Crippen molar-refractivity contribution >= 4 is 5.97 Å². The van der Waals surface area contributed by atoms with Crippen LogP contribution >= 0.6 is 0 Å². The molecule has 2 nitrogen and oxygen atoms in total. The summed E-state index contributed by atoms with van der Waals surface area (Å²) in [6.45, 7) is 2.29. The van der Waals surface area contributed by atoms with Gasteiger partial charge in [0, 0.05) is 6.42 Å². The quantitative estimate of drug-likeness (QED) is 0.170. The fourth-order valence-electron chi connectivity index (χ4n) is 4.06. The van der Waals surface area contributed by atoms with Gasteiger partial charge < -0.3 is 4.74 Å². The highest BCUT2D eigenvalue weighted by Gasteiger charge is 2.22. The first-order valence-corrected chi connectivity index (χ1v) is 12.0. The SMILES string of the molecule is CCCCCCCCCCCCCCCCCCCC[C@H]1CCC(=O)O1. The predicted molar refractivity (Wildman–Crippen MR) is 113 cm³/mol. The van der Waals surface area contributed by atoms with Crippen LogP contribution in [0.15, 0.2) is 0 Å². The molecule has 0 aromatic heterocycles. The standard InChI is InChI=1S/C24H46O2/c1-2-3-4-5-6-7-8-9-10-11-12-13-14-15-16-17-18-19-20-23-21-22-24(25)26-23/h23H,2-22H2,1H3/t23-/m0/s1. The van der Waals surface area contributed by atoms with Gasteiger partial charge in [0.2, 0.25) is 0 Å². The van der Waals surface area contributed by atoms with Gasteiger partial charge in [-0.3, -0.25) is 4.79 Å². The maximum absolute atomic E-state index is 11.0. The van der Waals surface area contributed by atoms with E-state index in [4.69, 9.17) is 4.74 Å². The minimum absolute atomic E-state index is 0.0115. The Labute approximate surface area is 163 Å². The second-order valence-electron chi connectivity index (χ2n) is 8.45. The summed E-state index contributed by atoms with van der Waals surface area (Å²) in [5, 5.41) is 0. The molecule has 1 aliphatic rings. The number of carbonyl (C=O) groups excluding carboxylic acids is 1. The van der Waals surface area contributed by atoms with Crippen LogP contribution in [-0.2, 0) is 9.53 Å². The van der Waals surface area contributed by atoms with Gasteiger partial charge in [-0.05, 0) is 19.3 Å². The van der Waals surface area contributed by atoms with Crippen molar-refractivity contribution in [2.45, 2.75) is 148 Å². The van der Waals surface area contributed by atoms with Crippen LogP contribution in [0, 0.1) is 0 Å². The minimum Gasteiger partial charge on any atom is -0.462 e. The fourth-order valence-corrected chi connectivity index (χ4v) is 4.06. The van der Waals surface area contributed by atoms with Crippen molar-refractivity contribution in [3.63, 3.8) is 0 Å². The molecule has 1 aliphatic heterocycles. The molecule has 0 bridgehead atoms. The lowest BCUT2D eigenvalue weighted by Gasteiger charge is -2.08. The van der Waals surface area contributed by atoms with Crippen molar-refractivity contribution < 1.29 is 9.53 Å². The van der Waals surface area contributed by atoms with E-state index in [1.165, 1.54) is 116 Å². The molecular formula is C24H46O2. The van der Waals surface area contributed by atoms with Gasteiger partial charge in [0.25, 0.3) is 0 Å². The minimum atomic E-state index is 0.0115. The van der Waals surface area contributed by atoms with E-state index in [1.807, 2.05) is 0 Å². The molecule has 1 rings (SSSR count). The Morgan fingerprint density at radius 1 is 0.654 bits per heavy atom. The Hall–Kier alpha value is -0.530. The lowest BCUT2D eigenvalue weighted by Crippen LogP contribution is -2.06. The molecule has 1 fully saturated rings. The molecule has 2 heteroatoms. The van der Waals surface area contributed by atoms with E-state index in [0.29, 0.717) is 6.42 Å². The summed E-state index contributed by atoms with van der Waals surface area (Å²) in [5.74, 6) is 0.0115. The Morgan fingerprint density at radius 2 is 1.04 bits per heavy atom. The Balaban J connectivity index is 1.65. The zero-order valence-corrected chi connectivity index (χ0v) is 17.7. The van der Waals surface area contributed by atoms with Gasteiger partial charge in [0.1, 0.15) is 6.10 Å². The second-order valence-corrected chi connectivity index (χ2v) is 8.45. The molecule has 0 spiro atoms. The summed E-state index contributed by atoms with van der Waals surface area (Å²) in [5.41, 5.74) is 0. The normalized spacial score (nSPS) is 17.0. The zero-order chi connectivity index (χ0) is 18.7. The smallest absolute Gasteiger partial charge is 0.306 e. The number of hydrogen-bond acceptors (Lipinski definition) is 2. The van der Waals surface area contributed by atoms with E-state index in [-0.39, 0.29) is 12.1 Å². The maximum Gasteiger partial charge on any atom is 0.306 e. The summed E-state index contributed by atoms with van der Waals surface area (Å²) in [4.78, 5) is 11.0. The highest BCUT2D eigenvalue weighted by molar-refractivity contribution is 5.71. The zero-order valence-electron chi connectivity index (χ0n) is 17.7. The highest BCUT2D eigenvalue weighted by atomic mass is 16.5. The number of carbonyl (C=O) groups is 1. The summed E-state index contributed by atoms with van der Waals surface area (Å²) in [6, 6.07) is 0. The molecule has 1 heterocycles. The molecule has 0 aromatic rings. The van der Waals surface area contributed by atoms with Gasteiger partial charge in [-0.2, -0.15) is 0 Å². The molecular weight excluding hydrogens is 320 g/mol. The first-order chi connectivity index (χ1) is 12.8. The third-order valence-electron chi connectivity index (χ3n) is 5.85. The number of hydrogen-bond donors (Lipinski definition) is 0. The third-order valence-corrected chi connectivity index (χ3v) is 5.85. The van der Waals surface area contributed by atoms with E-state index in [9.17, 15) is 4.79 Å². The van der Waals surface area contributed by atoms with Gasteiger partial charge in [0.05, 0.1) is 0 Å². The van der Waals surface area contributed by atoms with Crippen molar-refractivity contribution in [1.29, 1.82) is 0 Å². The molecule has 1 atom stereocenters. The maximum atomic E-state index is 11.0. The van der Waals surface area contributed by atoms with Crippen molar-refractivity contribution in [1.82, 2.24) is 0 Å². The molecule has 0 aromatic carbocycles. The lowest BCUT2D eigenvalue weighted by atomic mass is 10.0. The predicted octanol–water partition coefficient (Wildman–Crippen LogP) is 8.12. The summed E-state index contributed by atoms with van der Waals surface area (Å²) in [7, 11) is 0. The summed E-state index contributed by atoms with van der Waals surface area (Å²) < 4.78 is 5.26. The van der Waals surface area contributed by atoms with Crippen LogP contribution in [0.4, 0.5) is 0 Å². The average Bonchev–Trinajstić information content (AvgIpc) is 3.06. The topological polar surface area (TPSA) is 26.3 Å². The van der Waals surface area contributed by atoms with Crippen molar-refractivity contribution in [2.24, 2.45) is 0 Å². The Bertz CT molecular complexity index is 313. The first-order valence-electron chi connectivity index (χ1n) is 12.0. The molecule has 26 heavy (non-hydrogen) atoms. The molecule has 0 saturated carbocycles. The van der Waals surface area contributed by atoms with Crippen LogP contribution in [0.2, 0.25) is 0 Å². The number of rotatable bonds is 19. The average molecular weight is 367 g/mol. The molecule has 1 saturated heterocycles. The van der Waals surface area contributed by atoms with Crippen LogP contribution in [0.5, 0.6) is 0 Å². The third kappa shape index (κ3) is 14.6. The van der Waals surface area contributed by atoms with Crippen molar-refractivity contribution in [3.05, 3.63) is 0 Å². The van der Waals surface area contributed by atoms with Gasteiger partial charge in [0.15, 0.2) is 0 Å². The number of unbranched alkanes of at least 4 members (excludes halogenated alkanes) is 17. The lowest BCUT2D eigenvalue weighted by molar-refractivity contribution is -0.141. The molecule has 0 unspecified atom stereocenters. The van der Waals surface area contributed by atoms with Crippen molar-refractivity contribution in [2.75, 3.05) is 0 Å². The first kappa shape index (κ1) is 23.5. The van der Waals surface area contributed by atoms with Crippen molar-refractivity contribution in [3.8, 4) is 0 Å². The Kier molecular flexibility index (Phi) is 16.2. The summed E-state index contributed by atoms with van der Waals surface area (Å²) in [6.07, 6.45) is 28.4. The van der Waals surface area contributed by atoms with Gasteiger partial charge in [-0.25, -0.2) is 0 Å². The van der Waals surface area contributed by atoms with E-state index >= 15 is 0 Å². The van der Waals surface area contributed by atoms with Crippen LogP contribution in [0.1, 0.15) is 142 Å². The monoisotopic (exact) mass is 366 g/mol. The van der Waals surface area contributed by atoms with Gasteiger partial charge in [-0.1, -0.05) is 116 Å². The molecule has 0 aliphatic carbocycles. The fraction of sp³-hybridized carbons (Fsp3) is 0.958.